The number of nitrogens with zero attached hydrogens (tertiary/aromatic N) is 4. The number of pyridine rings is 1. The van der Waals surface area contributed by atoms with E-state index in [4.69, 9.17) is 11.6 Å². The van der Waals surface area contributed by atoms with Crippen LogP contribution in [0.3, 0.4) is 0 Å². The number of aryl methyl sites for hydroxylation is 1. The molecule has 148 valence electrons. The molecule has 2 N–H and O–H groups in total. The van der Waals surface area contributed by atoms with E-state index in [1.54, 1.807) is 19.2 Å². The van der Waals surface area contributed by atoms with E-state index in [1.807, 2.05) is 0 Å². The third-order valence-electron chi connectivity index (χ3n) is 4.07. The number of halogens is 3. The predicted octanol–water partition coefficient (Wildman–Crippen LogP) is 3.81. The van der Waals surface area contributed by atoms with Crippen molar-refractivity contribution in [3.63, 3.8) is 0 Å². The highest BCUT2D eigenvalue weighted by atomic mass is 35.5. The van der Waals surface area contributed by atoms with E-state index in [9.17, 15) is 13.6 Å². The first-order valence-electron chi connectivity index (χ1n) is 8.33. The maximum atomic E-state index is 12.8. The molecule has 0 aliphatic carbocycles. The summed E-state index contributed by atoms with van der Waals surface area (Å²) in [5.74, 6) is 0.300. The molecule has 4 rings (SSSR count). The summed E-state index contributed by atoms with van der Waals surface area (Å²) in [6.45, 7) is -1.25. The average molecular weight is 419 g/mol. The number of H-pyrrole nitrogens is 1. The molecule has 0 aliphatic rings. The van der Waals surface area contributed by atoms with Gasteiger partial charge < -0.3 is 15.0 Å². The number of aromatic amines is 1. The molecule has 29 heavy (non-hydrogen) atoms. The van der Waals surface area contributed by atoms with Crippen molar-refractivity contribution in [1.82, 2.24) is 24.7 Å². The highest BCUT2D eigenvalue weighted by molar-refractivity contribution is 6.30. The number of nitrogens with one attached hydrogen (secondary N) is 2. The van der Waals surface area contributed by atoms with Gasteiger partial charge in [0.2, 0.25) is 0 Å². The lowest BCUT2D eigenvalue weighted by molar-refractivity contribution is -0.0498. The van der Waals surface area contributed by atoms with E-state index in [1.165, 1.54) is 35.3 Å². The molecule has 0 bridgehead atoms. The highest BCUT2D eigenvalue weighted by Crippen LogP contribution is 2.32. The zero-order chi connectivity index (χ0) is 20.5. The Morgan fingerprint density at radius 1 is 1.28 bits per heavy atom. The molecule has 0 saturated carbocycles. The second kappa shape index (κ2) is 7.47. The standard InChI is InChI=1S/C18H13ClF2N6O2/c1-9-11-8-24-15(25-16-17(28)23-5-4-22-16)7-12(11)27(26-9)13-6-10(19)2-3-14(13)29-18(20)21/h2-8,18H,1H3,(H,23,28)(H,22,24,25). The Balaban J connectivity index is 1.85. The molecule has 11 heteroatoms. The molecule has 4 aromatic rings. The minimum Gasteiger partial charge on any atom is -0.433 e. The number of benzene rings is 1. The minimum atomic E-state index is -3.01. The van der Waals surface area contributed by atoms with Gasteiger partial charge in [0.05, 0.1) is 11.2 Å². The van der Waals surface area contributed by atoms with Gasteiger partial charge in [-0.15, -0.1) is 0 Å². The Hall–Kier alpha value is -3.53. The number of anilines is 2. The van der Waals surface area contributed by atoms with E-state index in [-0.39, 0.29) is 17.3 Å². The van der Waals surface area contributed by atoms with Crippen molar-refractivity contribution in [3.8, 4) is 11.4 Å². The summed E-state index contributed by atoms with van der Waals surface area (Å²) >= 11 is 6.06. The normalized spacial score (nSPS) is 11.2. The Kier molecular flexibility index (Phi) is 4.85. The predicted molar refractivity (Wildman–Crippen MR) is 103 cm³/mol. The SMILES string of the molecule is Cc1nn(-c2cc(Cl)ccc2OC(F)F)c2cc(Nc3ncc[nH]c3=O)ncc12. The van der Waals surface area contributed by atoms with Gasteiger partial charge in [-0.1, -0.05) is 11.6 Å². The molecule has 0 unspecified atom stereocenters. The maximum absolute atomic E-state index is 12.8. The van der Waals surface area contributed by atoms with E-state index >= 15 is 0 Å². The van der Waals surface area contributed by atoms with Gasteiger partial charge in [0.1, 0.15) is 11.5 Å². The number of aromatic nitrogens is 5. The molecular weight excluding hydrogens is 406 g/mol. The van der Waals surface area contributed by atoms with Crippen molar-refractivity contribution in [2.45, 2.75) is 13.5 Å². The van der Waals surface area contributed by atoms with Crippen molar-refractivity contribution in [3.05, 3.63) is 63.9 Å². The lowest BCUT2D eigenvalue weighted by Crippen LogP contribution is -2.13. The topological polar surface area (TPSA) is 97.7 Å². The van der Waals surface area contributed by atoms with Gasteiger partial charge in [-0.05, 0) is 25.1 Å². The molecule has 3 heterocycles. The van der Waals surface area contributed by atoms with Gasteiger partial charge in [0.15, 0.2) is 11.6 Å². The van der Waals surface area contributed by atoms with Crippen molar-refractivity contribution < 1.29 is 13.5 Å². The summed E-state index contributed by atoms with van der Waals surface area (Å²) < 4.78 is 31.7. The van der Waals surface area contributed by atoms with Crippen molar-refractivity contribution in [2.75, 3.05) is 5.32 Å². The molecule has 0 aliphatic heterocycles. The molecule has 0 atom stereocenters. The van der Waals surface area contributed by atoms with Crippen LogP contribution in [-0.4, -0.2) is 31.3 Å². The van der Waals surface area contributed by atoms with Crippen molar-refractivity contribution >= 4 is 34.1 Å². The molecule has 0 radical (unpaired) electrons. The molecule has 0 amide bonds. The van der Waals surface area contributed by atoms with Gasteiger partial charge >= 0.3 is 6.61 Å². The van der Waals surface area contributed by atoms with E-state index in [0.717, 1.165) is 0 Å². The summed E-state index contributed by atoms with van der Waals surface area (Å²) in [5.41, 5.74) is 0.997. The fourth-order valence-electron chi connectivity index (χ4n) is 2.82. The smallest absolute Gasteiger partial charge is 0.387 e. The number of fused-ring (bicyclic) bond motifs is 1. The quantitative estimate of drug-likeness (QED) is 0.511. The highest BCUT2D eigenvalue weighted by Gasteiger charge is 2.17. The fraction of sp³-hybridized carbons (Fsp3) is 0.111. The first kappa shape index (κ1) is 18.8. The zero-order valence-electron chi connectivity index (χ0n) is 14.9. The molecule has 0 saturated heterocycles. The van der Waals surface area contributed by atoms with Gasteiger partial charge in [-0.2, -0.15) is 13.9 Å². The Bertz CT molecular complexity index is 1260. The number of alkyl halides is 2. The first-order valence-corrected chi connectivity index (χ1v) is 8.71. The van der Waals surface area contributed by atoms with Crippen molar-refractivity contribution in [2.24, 2.45) is 0 Å². The Morgan fingerprint density at radius 2 is 2.10 bits per heavy atom. The largest absolute Gasteiger partial charge is 0.433 e. The Labute approximate surface area is 167 Å². The van der Waals surface area contributed by atoms with Crippen molar-refractivity contribution in [1.29, 1.82) is 0 Å². The van der Waals surface area contributed by atoms with Gasteiger partial charge in [-0.3, -0.25) is 4.79 Å². The molecule has 3 aromatic heterocycles. The second-order valence-electron chi connectivity index (χ2n) is 5.97. The minimum absolute atomic E-state index is 0.0617. The molecule has 0 spiro atoms. The second-order valence-corrected chi connectivity index (χ2v) is 6.40. The third-order valence-corrected chi connectivity index (χ3v) is 4.30. The first-order chi connectivity index (χ1) is 13.9. The zero-order valence-corrected chi connectivity index (χ0v) is 15.6. The van der Waals surface area contributed by atoms with E-state index in [2.05, 4.69) is 30.1 Å². The van der Waals surface area contributed by atoms with Crippen LogP contribution < -0.4 is 15.6 Å². The van der Waals surface area contributed by atoms with Crippen LogP contribution in [0.25, 0.3) is 16.6 Å². The summed E-state index contributed by atoms with van der Waals surface area (Å²) in [4.78, 5) is 22.6. The lowest BCUT2D eigenvalue weighted by atomic mass is 10.2. The maximum Gasteiger partial charge on any atom is 0.387 e. The number of hydrogen-bond donors (Lipinski definition) is 2. The monoisotopic (exact) mass is 418 g/mol. The van der Waals surface area contributed by atoms with Gasteiger partial charge in [0.25, 0.3) is 5.56 Å². The average Bonchev–Trinajstić information content (AvgIpc) is 3.01. The molecule has 0 fully saturated rings. The summed E-state index contributed by atoms with van der Waals surface area (Å²) in [6, 6.07) is 5.89. The van der Waals surface area contributed by atoms with E-state index in [0.29, 0.717) is 27.4 Å². The van der Waals surface area contributed by atoms with Crippen LogP contribution in [0.1, 0.15) is 5.69 Å². The van der Waals surface area contributed by atoms with Crippen LogP contribution in [0.5, 0.6) is 5.75 Å². The summed E-state index contributed by atoms with van der Waals surface area (Å²) in [5, 5.41) is 8.26. The summed E-state index contributed by atoms with van der Waals surface area (Å²) in [6.07, 6.45) is 4.40. The van der Waals surface area contributed by atoms with Crippen LogP contribution >= 0.6 is 11.6 Å². The molecule has 1 aromatic carbocycles. The third kappa shape index (κ3) is 3.74. The van der Waals surface area contributed by atoms with Crippen LogP contribution in [0.15, 0.2) is 47.7 Å². The lowest BCUT2D eigenvalue weighted by Gasteiger charge is -2.12. The summed E-state index contributed by atoms with van der Waals surface area (Å²) in [7, 11) is 0. The fourth-order valence-corrected chi connectivity index (χ4v) is 2.99. The van der Waals surface area contributed by atoms with Gasteiger partial charge in [0, 0.05) is 35.1 Å². The van der Waals surface area contributed by atoms with Crippen LogP contribution in [0, 0.1) is 6.92 Å². The Morgan fingerprint density at radius 3 is 2.86 bits per heavy atom. The molecule has 8 nitrogen and oxygen atoms in total. The van der Waals surface area contributed by atoms with Crippen LogP contribution in [0.4, 0.5) is 20.4 Å². The van der Waals surface area contributed by atoms with Crippen LogP contribution in [-0.2, 0) is 0 Å². The number of hydrogen-bond acceptors (Lipinski definition) is 6. The van der Waals surface area contributed by atoms with Gasteiger partial charge in [-0.25, -0.2) is 14.6 Å². The van der Waals surface area contributed by atoms with Crippen LogP contribution in [0.2, 0.25) is 5.02 Å². The number of rotatable bonds is 5. The molecular formula is C18H13ClF2N6O2. The van der Waals surface area contributed by atoms with E-state index < -0.39 is 12.2 Å². The number of ether oxygens (including phenoxy) is 1.